The van der Waals surface area contributed by atoms with Gasteiger partial charge in [0.2, 0.25) is 17.7 Å². The molecule has 0 saturated heterocycles. The van der Waals surface area contributed by atoms with E-state index in [1.54, 1.807) is 0 Å². The monoisotopic (exact) mass is 291 g/mol. The van der Waals surface area contributed by atoms with Crippen LogP contribution < -0.4 is 10.1 Å². The average Bonchev–Trinajstić information content (AvgIpc) is 2.37. The number of nitrogens with zero attached hydrogens (tertiary/aromatic N) is 2. The largest absolute Gasteiger partial charge is 0.481 e. The summed E-state index contributed by atoms with van der Waals surface area (Å²) in [7, 11) is 1.47. The predicted molar refractivity (Wildman–Crippen MR) is 77.1 cm³/mol. The average molecular weight is 292 g/mol. The molecular formula is C14H14ClN3O2. The second-order valence-corrected chi connectivity index (χ2v) is 4.66. The summed E-state index contributed by atoms with van der Waals surface area (Å²) in [5.74, 6) is 0.225. The van der Waals surface area contributed by atoms with E-state index in [0.29, 0.717) is 5.88 Å². The molecule has 0 atom stereocenters. The van der Waals surface area contributed by atoms with Crippen LogP contribution in [-0.4, -0.2) is 23.0 Å². The standard InChI is InChI=1S/C14H14ClN3O2/c1-9-4-3-5-10(6-9)7-12(19)17-14-16-11(15)8-13(18-14)20-2/h3-6,8H,7H2,1-2H3,(H,16,17,18,19). The summed E-state index contributed by atoms with van der Waals surface area (Å²) in [4.78, 5) is 19.9. The van der Waals surface area contributed by atoms with E-state index in [0.717, 1.165) is 11.1 Å². The summed E-state index contributed by atoms with van der Waals surface area (Å²) in [5.41, 5.74) is 2.03. The topological polar surface area (TPSA) is 64.1 Å². The van der Waals surface area contributed by atoms with Gasteiger partial charge >= 0.3 is 0 Å². The molecule has 104 valence electrons. The van der Waals surface area contributed by atoms with E-state index in [1.165, 1.54) is 13.2 Å². The first kappa shape index (κ1) is 14.3. The first-order chi connectivity index (χ1) is 9.56. The Balaban J connectivity index is 2.06. The number of rotatable bonds is 4. The fraction of sp³-hybridized carbons (Fsp3) is 0.214. The Morgan fingerprint density at radius 3 is 2.85 bits per heavy atom. The van der Waals surface area contributed by atoms with Gasteiger partial charge in [0, 0.05) is 6.07 Å². The van der Waals surface area contributed by atoms with Gasteiger partial charge < -0.3 is 4.74 Å². The minimum Gasteiger partial charge on any atom is -0.481 e. The highest BCUT2D eigenvalue weighted by atomic mass is 35.5. The zero-order valence-corrected chi connectivity index (χ0v) is 11.9. The third-order valence-corrected chi connectivity index (χ3v) is 2.77. The maximum Gasteiger partial charge on any atom is 0.234 e. The maximum atomic E-state index is 11.9. The Labute approximate surface area is 122 Å². The summed E-state index contributed by atoms with van der Waals surface area (Å²) in [5, 5.41) is 2.81. The van der Waals surface area contributed by atoms with Crippen LogP contribution in [0.15, 0.2) is 30.3 Å². The van der Waals surface area contributed by atoms with E-state index in [1.807, 2.05) is 31.2 Å². The molecule has 2 rings (SSSR count). The molecule has 1 aromatic heterocycles. The molecule has 0 aliphatic rings. The van der Waals surface area contributed by atoms with Gasteiger partial charge in [-0.3, -0.25) is 10.1 Å². The smallest absolute Gasteiger partial charge is 0.234 e. The first-order valence-corrected chi connectivity index (χ1v) is 6.38. The quantitative estimate of drug-likeness (QED) is 0.880. The number of amides is 1. The van der Waals surface area contributed by atoms with E-state index >= 15 is 0 Å². The van der Waals surface area contributed by atoms with E-state index < -0.39 is 0 Å². The molecule has 5 nitrogen and oxygen atoms in total. The summed E-state index contributed by atoms with van der Waals surface area (Å²) < 4.78 is 4.96. The van der Waals surface area contributed by atoms with Crippen LogP contribution in [0.2, 0.25) is 5.15 Å². The van der Waals surface area contributed by atoms with Gasteiger partial charge in [0.15, 0.2) is 0 Å². The molecule has 0 unspecified atom stereocenters. The molecule has 20 heavy (non-hydrogen) atoms. The van der Waals surface area contributed by atoms with Gasteiger partial charge in [0.1, 0.15) is 5.15 Å². The van der Waals surface area contributed by atoms with Crippen molar-refractivity contribution in [3.05, 3.63) is 46.6 Å². The lowest BCUT2D eigenvalue weighted by atomic mass is 10.1. The van der Waals surface area contributed by atoms with Crippen molar-refractivity contribution in [2.75, 3.05) is 12.4 Å². The normalized spacial score (nSPS) is 10.2. The maximum absolute atomic E-state index is 11.9. The van der Waals surface area contributed by atoms with Crippen molar-refractivity contribution in [1.82, 2.24) is 9.97 Å². The van der Waals surface area contributed by atoms with E-state index in [-0.39, 0.29) is 23.4 Å². The van der Waals surface area contributed by atoms with Crippen LogP contribution in [0.5, 0.6) is 5.88 Å². The van der Waals surface area contributed by atoms with Crippen LogP contribution in [0.25, 0.3) is 0 Å². The van der Waals surface area contributed by atoms with Crippen LogP contribution in [0.4, 0.5) is 5.95 Å². The Hall–Kier alpha value is -2.14. The fourth-order valence-corrected chi connectivity index (χ4v) is 1.91. The van der Waals surface area contributed by atoms with Crippen LogP contribution in [0.1, 0.15) is 11.1 Å². The molecule has 0 fully saturated rings. The van der Waals surface area contributed by atoms with E-state index in [4.69, 9.17) is 16.3 Å². The molecule has 1 N–H and O–H groups in total. The molecule has 0 spiro atoms. The number of aromatic nitrogens is 2. The van der Waals surface area contributed by atoms with Crippen LogP contribution in [0, 0.1) is 6.92 Å². The van der Waals surface area contributed by atoms with E-state index in [9.17, 15) is 4.79 Å². The van der Waals surface area contributed by atoms with Gasteiger partial charge in [-0.05, 0) is 12.5 Å². The summed E-state index contributed by atoms with van der Waals surface area (Å²) in [6.45, 7) is 1.98. The van der Waals surface area contributed by atoms with Crippen LogP contribution in [-0.2, 0) is 11.2 Å². The first-order valence-electron chi connectivity index (χ1n) is 6.01. The lowest BCUT2D eigenvalue weighted by molar-refractivity contribution is -0.115. The number of hydrogen-bond acceptors (Lipinski definition) is 4. The molecule has 2 aromatic rings. The lowest BCUT2D eigenvalue weighted by Crippen LogP contribution is -2.16. The third-order valence-electron chi connectivity index (χ3n) is 2.58. The predicted octanol–water partition coefficient (Wildman–Crippen LogP) is 2.63. The molecule has 0 bridgehead atoms. The van der Waals surface area contributed by atoms with Crippen LogP contribution in [0.3, 0.4) is 0 Å². The number of nitrogens with one attached hydrogen (secondary N) is 1. The van der Waals surface area contributed by atoms with Gasteiger partial charge in [-0.25, -0.2) is 4.98 Å². The van der Waals surface area contributed by atoms with Crippen molar-refractivity contribution in [3.63, 3.8) is 0 Å². The molecule has 1 aromatic carbocycles. The number of ether oxygens (including phenoxy) is 1. The molecule has 0 aliphatic heterocycles. The van der Waals surface area contributed by atoms with E-state index in [2.05, 4.69) is 15.3 Å². The van der Waals surface area contributed by atoms with Crippen molar-refractivity contribution in [1.29, 1.82) is 0 Å². The molecule has 6 heteroatoms. The minimum atomic E-state index is -0.208. The van der Waals surface area contributed by atoms with Crippen molar-refractivity contribution < 1.29 is 9.53 Å². The number of methoxy groups -OCH3 is 1. The van der Waals surface area contributed by atoms with Crippen molar-refractivity contribution in [2.24, 2.45) is 0 Å². The Bertz CT molecular complexity index is 632. The van der Waals surface area contributed by atoms with Gasteiger partial charge in [-0.2, -0.15) is 4.98 Å². The minimum absolute atomic E-state index is 0.131. The number of anilines is 1. The van der Waals surface area contributed by atoms with Crippen molar-refractivity contribution in [3.8, 4) is 5.88 Å². The van der Waals surface area contributed by atoms with Gasteiger partial charge in [-0.15, -0.1) is 0 Å². The van der Waals surface area contributed by atoms with Crippen molar-refractivity contribution in [2.45, 2.75) is 13.3 Å². The lowest BCUT2D eigenvalue weighted by Gasteiger charge is -2.06. The number of hydrogen-bond donors (Lipinski definition) is 1. The SMILES string of the molecule is COc1cc(Cl)nc(NC(=O)Cc2cccc(C)c2)n1. The molecule has 0 saturated carbocycles. The Kier molecular flexibility index (Phi) is 4.53. The van der Waals surface area contributed by atoms with Crippen LogP contribution >= 0.6 is 11.6 Å². The van der Waals surface area contributed by atoms with Gasteiger partial charge in [-0.1, -0.05) is 41.4 Å². The second-order valence-electron chi connectivity index (χ2n) is 4.27. The number of halogens is 1. The number of benzene rings is 1. The summed E-state index contributed by atoms with van der Waals surface area (Å²) >= 11 is 5.81. The van der Waals surface area contributed by atoms with Gasteiger partial charge in [0.05, 0.1) is 13.5 Å². The second kappa shape index (κ2) is 6.34. The van der Waals surface area contributed by atoms with Crippen molar-refractivity contribution >= 4 is 23.5 Å². The number of carbonyl (C=O) groups excluding carboxylic acids is 1. The molecule has 1 heterocycles. The molecular weight excluding hydrogens is 278 g/mol. The highest BCUT2D eigenvalue weighted by Gasteiger charge is 2.08. The Morgan fingerprint density at radius 1 is 1.35 bits per heavy atom. The number of aryl methyl sites for hydroxylation is 1. The fourth-order valence-electron chi connectivity index (χ4n) is 1.73. The summed E-state index contributed by atoms with van der Waals surface area (Å²) in [6, 6.07) is 9.21. The molecule has 1 amide bonds. The van der Waals surface area contributed by atoms with Gasteiger partial charge in [0.25, 0.3) is 0 Å². The summed E-state index contributed by atoms with van der Waals surface area (Å²) in [6.07, 6.45) is 0.250. The molecule has 0 radical (unpaired) electrons. The third kappa shape index (κ3) is 3.93. The number of carbonyl (C=O) groups is 1. The zero-order chi connectivity index (χ0) is 14.5. The Morgan fingerprint density at radius 2 is 2.15 bits per heavy atom. The highest BCUT2D eigenvalue weighted by molar-refractivity contribution is 6.29. The zero-order valence-electron chi connectivity index (χ0n) is 11.2. The molecule has 0 aliphatic carbocycles. The highest BCUT2D eigenvalue weighted by Crippen LogP contribution is 2.16.